The van der Waals surface area contributed by atoms with Crippen molar-refractivity contribution in [3.05, 3.63) is 0 Å². The summed E-state index contributed by atoms with van der Waals surface area (Å²) in [5.74, 6) is 0. The molecule has 0 aliphatic rings. The Balaban J connectivity index is 2.99. The smallest absolute Gasteiger partial charge is 0.311 e. The lowest BCUT2D eigenvalue weighted by molar-refractivity contribution is 0.262. The fraction of sp³-hybridized carbons (Fsp3) is 0.500. The molecular weight excluding hydrogens is 105 g/mol. The zero-order valence-electron chi connectivity index (χ0n) is 3.19. The third kappa shape index (κ3) is 2.02. The van der Waals surface area contributed by atoms with Gasteiger partial charge in [-0.05, 0) is 0 Å². The van der Waals surface area contributed by atoms with E-state index in [-0.39, 0.29) is 12.1 Å². The summed E-state index contributed by atoms with van der Waals surface area (Å²) < 4.78 is 10.9. The standard InChI is InChI=1S/C2H4FNOS/c1-4-2(5)6-3/h1H3,(H,4,5). The highest BCUT2D eigenvalue weighted by Crippen LogP contribution is 1.98. The van der Waals surface area contributed by atoms with Gasteiger partial charge in [-0.1, -0.05) is 0 Å². The highest BCUT2D eigenvalue weighted by atomic mass is 32.2. The van der Waals surface area contributed by atoms with Gasteiger partial charge in [0.25, 0.3) is 0 Å². The van der Waals surface area contributed by atoms with E-state index in [2.05, 4.69) is 5.32 Å². The van der Waals surface area contributed by atoms with Gasteiger partial charge in [0, 0.05) is 7.05 Å². The molecule has 36 valence electrons. The molecule has 0 aromatic rings. The third-order valence-electron chi connectivity index (χ3n) is 0.274. The average Bonchev–Trinajstić information content (AvgIpc) is 1.65. The quantitative estimate of drug-likeness (QED) is 0.501. The number of amides is 1. The molecule has 0 radical (unpaired) electrons. The Labute approximate surface area is 39.4 Å². The molecule has 0 atom stereocenters. The first-order valence-electron chi connectivity index (χ1n) is 1.31. The van der Waals surface area contributed by atoms with Crippen LogP contribution in [0.25, 0.3) is 0 Å². The number of rotatable bonds is 0. The Kier molecular flexibility index (Phi) is 2.84. The Bertz CT molecular complexity index is 51.5. The van der Waals surface area contributed by atoms with Crippen LogP contribution in [0.1, 0.15) is 0 Å². The van der Waals surface area contributed by atoms with E-state index in [9.17, 15) is 8.68 Å². The molecule has 4 heteroatoms. The van der Waals surface area contributed by atoms with Crippen LogP contribution < -0.4 is 5.32 Å². The van der Waals surface area contributed by atoms with Crippen molar-refractivity contribution in [1.29, 1.82) is 0 Å². The van der Waals surface area contributed by atoms with Crippen molar-refractivity contribution in [2.45, 2.75) is 0 Å². The minimum absolute atomic E-state index is 0.325. The molecule has 0 aliphatic heterocycles. The molecule has 0 aliphatic carbocycles. The molecule has 0 saturated heterocycles. The van der Waals surface area contributed by atoms with Crippen molar-refractivity contribution >= 4 is 17.4 Å². The summed E-state index contributed by atoms with van der Waals surface area (Å²) in [5, 5.41) is 1.41. The Morgan fingerprint density at radius 3 is 2.50 bits per heavy atom. The molecule has 0 rings (SSSR count). The SMILES string of the molecule is CNC(=O)SF. The molecule has 0 bridgehead atoms. The first-order chi connectivity index (χ1) is 2.81. The fourth-order valence-electron chi connectivity index (χ4n) is 0.0386. The van der Waals surface area contributed by atoms with Crippen molar-refractivity contribution in [3.63, 3.8) is 0 Å². The van der Waals surface area contributed by atoms with E-state index >= 15 is 0 Å². The first kappa shape index (κ1) is 5.75. The van der Waals surface area contributed by atoms with Crippen LogP contribution in [0.2, 0.25) is 0 Å². The van der Waals surface area contributed by atoms with Crippen molar-refractivity contribution < 1.29 is 8.68 Å². The second-order valence-electron chi connectivity index (χ2n) is 0.615. The fourth-order valence-corrected chi connectivity index (χ4v) is 0.116. The summed E-state index contributed by atoms with van der Waals surface area (Å²) >= 11 is -0.325. The molecule has 0 unspecified atom stereocenters. The van der Waals surface area contributed by atoms with Gasteiger partial charge in [0.2, 0.25) is 0 Å². The van der Waals surface area contributed by atoms with Crippen molar-refractivity contribution in [2.24, 2.45) is 0 Å². The van der Waals surface area contributed by atoms with E-state index < -0.39 is 5.24 Å². The van der Waals surface area contributed by atoms with Crippen molar-refractivity contribution in [1.82, 2.24) is 5.32 Å². The van der Waals surface area contributed by atoms with E-state index in [1.54, 1.807) is 0 Å². The summed E-state index contributed by atoms with van der Waals surface area (Å²) in [5.41, 5.74) is 0. The topological polar surface area (TPSA) is 29.1 Å². The van der Waals surface area contributed by atoms with Crippen LogP contribution in [0.3, 0.4) is 0 Å². The molecule has 0 heterocycles. The zero-order chi connectivity index (χ0) is 4.99. The highest BCUT2D eigenvalue weighted by molar-refractivity contribution is 8.09. The van der Waals surface area contributed by atoms with Gasteiger partial charge in [-0.15, -0.1) is 0 Å². The molecule has 0 aromatic carbocycles. The second kappa shape index (κ2) is 2.96. The number of carbonyl (C=O) groups is 1. The summed E-state index contributed by atoms with van der Waals surface area (Å²) in [7, 11) is 1.37. The third-order valence-corrected chi connectivity index (χ3v) is 0.618. The van der Waals surface area contributed by atoms with Gasteiger partial charge in [0.15, 0.2) is 0 Å². The number of halogens is 1. The lowest BCUT2D eigenvalue weighted by Gasteiger charge is -1.82. The molecule has 0 aromatic heterocycles. The van der Waals surface area contributed by atoms with Crippen LogP contribution in [0, 0.1) is 0 Å². The van der Waals surface area contributed by atoms with Gasteiger partial charge in [-0.3, -0.25) is 4.79 Å². The van der Waals surface area contributed by atoms with Crippen LogP contribution in [0.5, 0.6) is 0 Å². The zero-order valence-corrected chi connectivity index (χ0v) is 4.01. The summed E-state index contributed by atoms with van der Waals surface area (Å²) in [6.07, 6.45) is 0. The van der Waals surface area contributed by atoms with Gasteiger partial charge >= 0.3 is 5.24 Å². The van der Waals surface area contributed by atoms with Gasteiger partial charge < -0.3 is 5.32 Å². The predicted molar refractivity (Wildman–Crippen MR) is 23.2 cm³/mol. The maximum atomic E-state index is 10.9. The maximum Gasteiger partial charge on any atom is 0.311 e. The lowest BCUT2D eigenvalue weighted by atomic mass is 11.2. The monoisotopic (exact) mass is 109 g/mol. The first-order valence-corrected chi connectivity index (χ1v) is 2.03. The van der Waals surface area contributed by atoms with E-state index in [1.807, 2.05) is 0 Å². The van der Waals surface area contributed by atoms with Crippen molar-refractivity contribution in [2.75, 3.05) is 7.05 Å². The van der Waals surface area contributed by atoms with E-state index in [1.165, 1.54) is 7.05 Å². The largest absolute Gasteiger partial charge is 0.348 e. The minimum Gasteiger partial charge on any atom is -0.348 e. The van der Waals surface area contributed by atoms with Gasteiger partial charge in [-0.25, -0.2) is 0 Å². The molecule has 1 N–H and O–H groups in total. The van der Waals surface area contributed by atoms with Crippen LogP contribution in [-0.4, -0.2) is 12.3 Å². The number of hydrogen-bond acceptors (Lipinski definition) is 2. The van der Waals surface area contributed by atoms with Crippen LogP contribution in [0.4, 0.5) is 8.68 Å². The van der Waals surface area contributed by atoms with Crippen LogP contribution >= 0.6 is 12.1 Å². The molecular formula is C2H4FNOS. The predicted octanol–water partition coefficient (Wildman–Crippen LogP) is 0.944. The van der Waals surface area contributed by atoms with Crippen LogP contribution in [-0.2, 0) is 0 Å². The molecule has 2 nitrogen and oxygen atoms in total. The molecule has 1 amide bonds. The van der Waals surface area contributed by atoms with E-state index in [0.29, 0.717) is 0 Å². The number of nitrogens with one attached hydrogen (secondary N) is 1. The van der Waals surface area contributed by atoms with Gasteiger partial charge in [0.05, 0.1) is 0 Å². The van der Waals surface area contributed by atoms with Crippen LogP contribution in [0.15, 0.2) is 0 Å². The Hall–Kier alpha value is -0.250. The minimum atomic E-state index is -0.657. The summed E-state index contributed by atoms with van der Waals surface area (Å²) in [4.78, 5) is 9.66. The number of carbonyl (C=O) groups excluding carboxylic acids is 1. The number of hydrogen-bond donors (Lipinski definition) is 1. The Morgan fingerprint density at radius 2 is 2.50 bits per heavy atom. The van der Waals surface area contributed by atoms with E-state index in [0.717, 1.165) is 0 Å². The molecule has 6 heavy (non-hydrogen) atoms. The molecule has 0 spiro atoms. The average molecular weight is 109 g/mol. The molecule has 0 saturated carbocycles. The van der Waals surface area contributed by atoms with E-state index in [4.69, 9.17) is 0 Å². The van der Waals surface area contributed by atoms with Gasteiger partial charge in [-0.2, -0.15) is 3.89 Å². The molecule has 0 fully saturated rings. The second-order valence-corrected chi connectivity index (χ2v) is 1.14. The summed E-state index contributed by atoms with van der Waals surface area (Å²) in [6.45, 7) is 0. The Morgan fingerprint density at radius 1 is 2.00 bits per heavy atom. The van der Waals surface area contributed by atoms with Gasteiger partial charge in [0.1, 0.15) is 12.1 Å². The lowest BCUT2D eigenvalue weighted by Crippen LogP contribution is -2.08. The van der Waals surface area contributed by atoms with Crippen molar-refractivity contribution in [3.8, 4) is 0 Å². The normalized spacial score (nSPS) is 7.67. The summed E-state index contributed by atoms with van der Waals surface area (Å²) in [6, 6.07) is 0. The highest BCUT2D eigenvalue weighted by Gasteiger charge is 1.91. The maximum absolute atomic E-state index is 10.9.